The van der Waals surface area contributed by atoms with Crippen molar-refractivity contribution >= 4 is 17.9 Å². The summed E-state index contributed by atoms with van der Waals surface area (Å²) in [4.78, 5) is 35.8. The van der Waals surface area contributed by atoms with Gasteiger partial charge in [0, 0.05) is 19.5 Å². The molecule has 1 N–H and O–H groups in total. The lowest BCUT2D eigenvalue weighted by Gasteiger charge is -2.12. The molecule has 0 radical (unpaired) electrons. The second-order valence-corrected chi connectivity index (χ2v) is 5.13. The minimum absolute atomic E-state index is 0.120. The van der Waals surface area contributed by atoms with Crippen molar-refractivity contribution in [3.63, 3.8) is 0 Å². The average molecular weight is 336 g/mol. The average Bonchev–Trinajstić information content (AvgIpc) is 3.03. The fraction of sp³-hybridized carbons (Fsp3) is 0.438. The van der Waals surface area contributed by atoms with Crippen molar-refractivity contribution in [3.05, 3.63) is 23.8 Å². The molecule has 1 aromatic carbocycles. The van der Waals surface area contributed by atoms with Crippen LogP contribution < -0.4 is 14.8 Å². The molecule has 8 heteroatoms. The summed E-state index contributed by atoms with van der Waals surface area (Å²) in [7, 11) is 3.09. The Bertz CT molecular complexity index is 631. The number of carbonyl (C=O) groups excluding carboxylic acids is 3. The normalized spacial score (nSPS) is 13.4. The van der Waals surface area contributed by atoms with Crippen molar-refractivity contribution in [1.29, 1.82) is 0 Å². The van der Waals surface area contributed by atoms with E-state index in [4.69, 9.17) is 14.2 Å². The number of nitrogens with one attached hydrogen (secondary N) is 1. The largest absolute Gasteiger partial charge is 0.493 e. The van der Waals surface area contributed by atoms with Crippen LogP contribution >= 0.6 is 0 Å². The summed E-state index contributed by atoms with van der Waals surface area (Å²) >= 11 is 0. The minimum Gasteiger partial charge on any atom is -0.493 e. The van der Waals surface area contributed by atoms with Crippen LogP contribution in [0.2, 0.25) is 0 Å². The van der Waals surface area contributed by atoms with E-state index in [0.29, 0.717) is 31.0 Å². The van der Waals surface area contributed by atoms with E-state index in [9.17, 15) is 14.4 Å². The van der Waals surface area contributed by atoms with Crippen LogP contribution in [0.25, 0.3) is 0 Å². The van der Waals surface area contributed by atoms with Gasteiger partial charge in [0.05, 0.1) is 14.2 Å². The zero-order chi connectivity index (χ0) is 17.5. The molecule has 130 valence electrons. The number of esters is 1. The zero-order valence-electron chi connectivity index (χ0n) is 13.7. The van der Waals surface area contributed by atoms with Crippen molar-refractivity contribution in [2.24, 2.45) is 0 Å². The zero-order valence-corrected chi connectivity index (χ0v) is 13.7. The number of aryl methyl sites for hydroxylation is 1. The molecule has 1 fully saturated rings. The number of methoxy groups -OCH3 is 2. The maximum atomic E-state index is 11.7. The third-order valence-corrected chi connectivity index (χ3v) is 3.58. The SMILES string of the molecule is COc1ccc(CCC(=O)OCC(=O)N2CCNC2=O)cc1OC. The minimum atomic E-state index is -0.524. The lowest BCUT2D eigenvalue weighted by molar-refractivity contribution is -0.150. The Morgan fingerprint density at radius 1 is 1.21 bits per heavy atom. The number of nitrogens with zero attached hydrogens (tertiary/aromatic N) is 1. The number of benzene rings is 1. The van der Waals surface area contributed by atoms with Crippen LogP contribution in [0.4, 0.5) is 4.79 Å². The Kier molecular flexibility index (Phi) is 6.00. The monoisotopic (exact) mass is 336 g/mol. The second-order valence-electron chi connectivity index (χ2n) is 5.13. The third-order valence-electron chi connectivity index (χ3n) is 3.58. The van der Waals surface area contributed by atoms with Gasteiger partial charge in [-0.2, -0.15) is 0 Å². The Morgan fingerprint density at radius 2 is 1.96 bits per heavy atom. The van der Waals surface area contributed by atoms with E-state index in [0.717, 1.165) is 10.5 Å². The highest BCUT2D eigenvalue weighted by Crippen LogP contribution is 2.27. The molecule has 8 nitrogen and oxygen atoms in total. The summed E-state index contributed by atoms with van der Waals surface area (Å²) in [5.41, 5.74) is 0.884. The molecule has 0 spiro atoms. The number of rotatable bonds is 7. The van der Waals surface area contributed by atoms with Crippen molar-refractivity contribution in [3.8, 4) is 11.5 Å². The summed E-state index contributed by atoms with van der Waals surface area (Å²) in [6.45, 7) is 0.275. The van der Waals surface area contributed by atoms with E-state index < -0.39 is 24.5 Å². The number of carbonyl (C=O) groups is 3. The van der Waals surface area contributed by atoms with Crippen LogP contribution in [0.15, 0.2) is 18.2 Å². The molecule has 2 rings (SSSR count). The first-order chi connectivity index (χ1) is 11.5. The van der Waals surface area contributed by atoms with Gasteiger partial charge in [0.15, 0.2) is 18.1 Å². The Balaban J connectivity index is 1.79. The molecule has 1 aliphatic rings. The van der Waals surface area contributed by atoms with E-state index >= 15 is 0 Å². The van der Waals surface area contributed by atoms with Gasteiger partial charge >= 0.3 is 12.0 Å². The summed E-state index contributed by atoms with van der Waals surface area (Å²) in [6.07, 6.45) is 0.562. The van der Waals surface area contributed by atoms with E-state index in [1.807, 2.05) is 6.07 Å². The lowest BCUT2D eigenvalue weighted by atomic mass is 10.1. The van der Waals surface area contributed by atoms with Crippen LogP contribution in [0, 0.1) is 0 Å². The first kappa shape index (κ1) is 17.6. The van der Waals surface area contributed by atoms with Crippen molar-refractivity contribution in [2.45, 2.75) is 12.8 Å². The number of amides is 3. The molecule has 1 aliphatic heterocycles. The number of hydrogen-bond donors (Lipinski definition) is 1. The molecule has 1 aromatic rings. The molecule has 0 atom stereocenters. The number of hydrogen-bond acceptors (Lipinski definition) is 6. The first-order valence-electron chi connectivity index (χ1n) is 7.50. The Morgan fingerprint density at radius 3 is 2.58 bits per heavy atom. The fourth-order valence-corrected chi connectivity index (χ4v) is 2.28. The molecule has 3 amide bonds. The molecular weight excluding hydrogens is 316 g/mol. The van der Waals surface area contributed by atoms with Crippen LogP contribution in [-0.4, -0.2) is 56.7 Å². The molecule has 24 heavy (non-hydrogen) atoms. The Hall–Kier alpha value is -2.77. The molecule has 1 heterocycles. The van der Waals surface area contributed by atoms with Gasteiger partial charge in [-0.1, -0.05) is 6.07 Å². The summed E-state index contributed by atoms with van der Waals surface area (Å²) in [6, 6.07) is 4.91. The predicted octanol–water partition coefficient (Wildman–Crippen LogP) is 0.731. The molecule has 0 aromatic heterocycles. The van der Waals surface area contributed by atoms with Crippen molar-refractivity contribution < 1.29 is 28.6 Å². The van der Waals surface area contributed by atoms with Gasteiger partial charge in [0.25, 0.3) is 5.91 Å². The fourth-order valence-electron chi connectivity index (χ4n) is 2.28. The smallest absolute Gasteiger partial charge is 0.324 e. The van der Waals surface area contributed by atoms with Crippen LogP contribution in [0.5, 0.6) is 11.5 Å². The highest BCUT2D eigenvalue weighted by molar-refractivity contribution is 5.96. The van der Waals surface area contributed by atoms with Crippen LogP contribution in [0.1, 0.15) is 12.0 Å². The van der Waals surface area contributed by atoms with E-state index in [1.165, 1.54) is 7.11 Å². The lowest BCUT2D eigenvalue weighted by Crippen LogP contribution is -2.37. The molecule has 0 bridgehead atoms. The summed E-state index contributed by atoms with van der Waals surface area (Å²) < 4.78 is 15.3. The maximum Gasteiger partial charge on any atom is 0.324 e. The number of ether oxygens (including phenoxy) is 3. The number of urea groups is 1. The van der Waals surface area contributed by atoms with Crippen LogP contribution in [-0.2, 0) is 20.7 Å². The maximum absolute atomic E-state index is 11.7. The third kappa shape index (κ3) is 4.37. The highest BCUT2D eigenvalue weighted by Gasteiger charge is 2.26. The van der Waals surface area contributed by atoms with E-state index in [-0.39, 0.29) is 6.42 Å². The van der Waals surface area contributed by atoms with Gasteiger partial charge in [-0.15, -0.1) is 0 Å². The van der Waals surface area contributed by atoms with E-state index in [1.54, 1.807) is 19.2 Å². The van der Waals surface area contributed by atoms with E-state index in [2.05, 4.69) is 5.32 Å². The molecule has 0 saturated carbocycles. The Labute approximate surface area is 139 Å². The van der Waals surface area contributed by atoms with Crippen molar-refractivity contribution in [2.75, 3.05) is 33.9 Å². The second kappa shape index (κ2) is 8.19. The van der Waals surface area contributed by atoms with Gasteiger partial charge in [-0.3, -0.25) is 14.5 Å². The van der Waals surface area contributed by atoms with Gasteiger partial charge in [0.2, 0.25) is 0 Å². The molecule has 0 unspecified atom stereocenters. The predicted molar refractivity (Wildman–Crippen MR) is 83.9 cm³/mol. The standard InChI is InChI=1S/C16H20N2O6/c1-22-12-5-3-11(9-13(12)23-2)4-6-15(20)24-10-14(19)18-8-7-17-16(18)21/h3,5,9H,4,6-8,10H2,1-2H3,(H,17,21). The molecule has 1 saturated heterocycles. The van der Waals surface area contributed by atoms with Crippen molar-refractivity contribution in [1.82, 2.24) is 10.2 Å². The van der Waals surface area contributed by atoms with Gasteiger partial charge < -0.3 is 19.5 Å². The summed E-state index contributed by atoms with van der Waals surface area (Å²) in [5.74, 6) is 0.166. The summed E-state index contributed by atoms with van der Waals surface area (Å²) in [5, 5.41) is 2.51. The topological polar surface area (TPSA) is 94.2 Å². The van der Waals surface area contributed by atoms with Gasteiger partial charge in [0.1, 0.15) is 0 Å². The van der Waals surface area contributed by atoms with Gasteiger partial charge in [-0.05, 0) is 24.1 Å². The first-order valence-corrected chi connectivity index (χ1v) is 7.50. The van der Waals surface area contributed by atoms with Gasteiger partial charge in [-0.25, -0.2) is 4.79 Å². The van der Waals surface area contributed by atoms with Crippen LogP contribution in [0.3, 0.4) is 0 Å². The molecular formula is C16H20N2O6. The quantitative estimate of drug-likeness (QED) is 0.738. The highest BCUT2D eigenvalue weighted by atomic mass is 16.5. The molecule has 0 aliphatic carbocycles. The number of imide groups is 1.